The van der Waals surface area contributed by atoms with Crippen LogP contribution in [0.3, 0.4) is 0 Å². The predicted molar refractivity (Wildman–Crippen MR) is 121 cm³/mol. The number of carbonyl (C=O) groups excluding carboxylic acids is 1. The predicted octanol–water partition coefficient (Wildman–Crippen LogP) is 4.34. The number of ether oxygens (including phenoxy) is 2. The van der Waals surface area contributed by atoms with E-state index < -0.39 is 10.8 Å². The number of nitriles is 1. The number of carbonyl (C=O) groups is 1. The standard InChI is InChI=1S/C24H25N3O5/c1-5-7-19-10-18(11-20(14-25)24(28)26-16(2)3)13-22(31-4)23(19)32-15-17-8-6-9-21(12-17)27(29)30/h5-6,8-13,16H,1,7,15H2,2-4H3,(H,26,28)/b20-11-. The number of nitrogens with one attached hydrogen (secondary N) is 1. The third kappa shape index (κ3) is 6.44. The van der Waals surface area contributed by atoms with Crippen LogP contribution in [0.5, 0.6) is 11.5 Å². The van der Waals surface area contributed by atoms with Gasteiger partial charge in [-0.1, -0.05) is 18.2 Å². The molecule has 0 saturated heterocycles. The maximum Gasteiger partial charge on any atom is 0.269 e. The Morgan fingerprint density at radius 3 is 2.69 bits per heavy atom. The van der Waals surface area contributed by atoms with Crippen LogP contribution in [-0.4, -0.2) is 24.0 Å². The maximum absolute atomic E-state index is 12.2. The number of non-ortho nitro benzene ring substituents is 1. The highest BCUT2D eigenvalue weighted by Gasteiger charge is 2.16. The van der Waals surface area contributed by atoms with Gasteiger partial charge in [-0.2, -0.15) is 5.26 Å². The number of amides is 1. The molecule has 1 N–H and O–H groups in total. The van der Waals surface area contributed by atoms with Crippen molar-refractivity contribution in [2.24, 2.45) is 0 Å². The Morgan fingerprint density at radius 2 is 2.09 bits per heavy atom. The molecule has 0 spiro atoms. The summed E-state index contributed by atoms with van der Waals surface area (Å²) in [7, 11) is 1.48. The van der Waals surface area contributed by atoms with Gasteiger partial charge in [0.1, 0.15) is 18.2 Å². The van der Waals surface area contributed by atoms with Crippen molar-refractivity contribution in [3.8, 4) is 17.6 Å². The number of rotatable bonds is 10. The van der Waals surface area contributed by atoms with Gasteiger partial charge < -0.3 is 14.8 Å². The van der Waals surface area contributed by atoms with Gasteiger partial charge in [0.05, 0.1) is 12.0 Å². The fourth-order valence-electron chi connectivity index (χ4n) is 2.96. The molecule has 32 heavy (non-hydrogen) atoms. The maximum atomic E-state index is 12.2. The highest BCUT2D eigenvalue weighted by atomic mass is 16.6. The van der Waals surface area contributed by atoms with Crippen LogP contribution in [-0.2, 0) is 17.8 Å². The van der Waals surface area contributed by atoms with Crippen molar-refractivity contribution in [2.45, 2.75) is 32.9 Å². The van der Waals surface area contributed by atoms with Crippen LogP contribution < -0.4 is 14.8 Å². The van der Waals surface area contributed by atoms with Crippen molar-refractivity contribution in [3.63, 3.8) is 0 Å². The van der Waals surface area contributed by atoms with Crippen LogP contribution in [0.1, 0.15) is 30.5 Å². The van der Waals surface area contributed by atoms with Crippen LogP contribution in [0.2, 0.25) is 0 Å². The first kappa shape index (κ1) is 24.2. The van der Waals surface area contributed by atoms with Crippen LogP contribution in [0.15, 0.2) is 54.6 Å². The lowest BCUT2D eigenvalue weighted by Gasteiger charge is -2.16. The summed E-state index contributed by atoms with van der Waals surface area (Å²) < 4.78 is 11.4. The smallest absolute Gasteiger partial charge is 0.269 e. The van der Waals surface area contributed by atoms with E-state index in [2.05, 4.69) is 11.9 Å². The molecule has 2 aromatic rings. The lowest BCUT2D eigenvalue weighted by molar-refractivity contribution is -0.384. The molecule has 8 nitrogen and oxygen atoms in total. The van der Waals surface area contributed by atoms with E-state index in [1.54, 1.807) is 30.3 Å². The molecule has 8 heteroatoms. The van der Waals surface area contributed by atoms with Gasteiger partial charge >= 0.3 is 0 Å². The lowest BCUT2D eigenvalue weighted by atomic mass is 10.0. The quantitative estimate of drug-likeness (QED) is 0.195. The van der Waals surface area contributed by atoms with Gasteiger partial charge in [0, 0.05) is 23.7 Å². The molecule has 2 aromatic carbocycles. The molecule has 0 aliphatic heterocycles. The van der Waals surface area contributed by atoms with Crippen molar-refractivity contribution < 1.29 is 19.2 Å². The molecule has 0 aromatic heterocycles. The Morgan fingerprint density at radius 1 is 1.34 bits per heavy atom. The van der Waals surface area contributed by atoms with Gasteiger partial charge in [0.2, 0.25) is 0 Å². The molecule has 0 bridgehead atoms. The molecule has 2 rings (SSSR count). The lowest BCUT2D eigenvalue weighted by Crippen LogP contribution is -2.30. The van der Waals surface area contributed by atoms with Crippen LogP contribution in [0.25, 0.3) is 6.08 Å². The number of benzene rings is 2. The van der Waals surface area contributed by atoms with E-state index >= 15 is 0 Å². The summed E-state index contributed by atoms with van der Waals surface area (Å²) in [5, 5.41) is 23.1. The molecule has 0 radical (unpaired) electrons. The summed E-state index contributed by atoms with van der Waals surface area (Å²) in [4.78, 5) is 22.8. The molecule has 1 amide bonds. The number of nitro groups is 1. The van der Waals surface area contributed by atoms with E-state index in [4.69, 9.17) is 9.47 Å². The molecule has 0 atom stereocenters. The molecular formula is C24H25N3O5. The first-order valence-electron chi connectivity index (χ1n) is 9.89. The minimum absolute atomic E-state index is 0.0198. The average molecular weight is 435 g/mol. The second-order valence-electron chi connectivity index (χ2n) is 7.22. The highest BCUT2D eigenvalue weighted by molar-refractivity contribution is 6.01. The molecule has 0 aliphatic rings. The van der Waals surface area contributed by atoms with Crippen LogP contribution in [0, 0.1) is 21.4 Å². The Hall–Kier alpha value is -4.12. The van der Waals surface area contributed by atoms with Gasteiger partial charge in [-0.15, -0.1) is 6.58 Å². The third-order valence-electron chi connectivity index (χ3n) is 4.34. The Kier molecular flexibility index (Phi) is 8.54. The first-order chi connectivity index (χ1) is 15.3. The Bertz CT molecular complexity index is 1080. The summed E-state index contributed by atoms with van der Waals surface area (Å²) in [5.74, 6) is 0.404. The summed E-state index contributed by atoms with van der Waals surface area (Å²) in [6.45, 7) is 7.48. The van der Waals surface area contributed by atoms with E-state index in [1.165, 1.54) is 25.3 Å². The zero-order valence-corrected chi connectivity index (χ0v) is 18.3. The highest BCUT2D eigenvalue weighted by Crippen LogP contribution is 2.35. The van der Waals surface area contributed by atoms with E-state index in [0.29, 0.717) is 29.0 Å². The Labute approximate surface area is 186 Å². The number of hydrogen-bond acceptors (Lipinski definition) is 6. The molecule has 166 valence electrons. The normalized spacial score (nSPS) is 10.9. The van der Waals surface area contributed by atoms with Crippen LogP contribution in [0.4, 0.5) is 5.69 Å². The molecule has 0 aliphatic carbocycles. The summed E-state index contributed by atoms with van der Waals surface area (Å²) >= 11 is 0. The van der Waals surface area contributed by atoms with E-state index in [-0.39, 0.29) is 23.9 Å². The van der Waals surface area contributed by atoms with Crippen molar-refractivity contribution >= 4 is 17.7 Å². The van der Waals surface area contributed by atoms with Gasteiger partial charge in [0.25, 0.3) is 11.6 Å². The molecule has 0 unspecified atom stereocenters. The van der Waals surface area contributed by atoms with Crippen molar-refractivity contribution in [3.05, 3.63) is 81.4 Å². The number of methoxy groups -OCH3 is 1. The second kappa shape index (κ2) is 11.3. The average Bonchev–Trinajstić information content (AvgIpc) is 2.76. The molecular weight excluding hydrogens is 410 g/mol. The van der Waals surface area contributed by atoms with Gasteiger partial charge in [-0.3, -0.25) is 14.9 Å². The first-order valence-corrected chi connectivity index (χ1v) is 9.89. The fraction of sp³-hybridized carbons (Fsp3) is 0.250. The monoisotopic (exact) mass is 435 g/mol. The Balaban J connectivity index is 2.40. The van der Waals surface area contributed by atoms with E-state index in [9.17, 15) is 20.2 Å². The molecule has 0 fully saturated rings. The number of nitrogens with zero attached hydrogens (tertiary/aromatic N) is 2. The third-order valence-corrected chi connectivity index (χ3v) is 4.34. The number of nitro benzene ring substituents is 1. The fourth-order valence-corrected chi connectivity index (χ4v) is 2.96. The topological polar surface area (TPSA) is 114 Å². The minimum Gasteiger partial charge on any atom is -0.493 e. The molecule has 0 saturated carbocycles. The largest absolute Gasteiger partial charge is 0.493 e. The summed E-state index contributed by atoms with van der Waals surface area (Å²) in [5.41, 5.74) is 1.91. The van der Waals surface area contributed by atoms with Gasteiger partial charge in [-0.25, -0.2) is 0 Å². The second-order valence-corrected chi connectivity index (χ2v) is 7.22. The van der Waals surface area contributed by atoms with Crippen molar-refractivity contribution in [1.82, 2.24) is 5.32 Å². The zero-order valence-electron chi connectivity index (χ0n) is 18.3. The van der Waals surface area contributed by atoms with Crippen LogP contribution >= 0.6 is 0 Å². The van der Waals surface area contributed by atoms with E-state index in [0.717, 1.165) is 5.56 Å². The number of hydrogen-bond donors (Lipinski definition) is 1. The number of allylic oxidation sites excluding steroid dienone is 1. The van der Waals surface area contributed by atoms with Gasteiger partial charge in [-0.05, 0) is 49.6 Å². The summed E-state index contributed by atoms with van der Waals surface area (Å²) in [6, 6.07) is 11.5. The zero-order chi connectivity index (χ0) is 23.7. The van der Waals surface area contributed by atoms with Gasteiger partial charge in [0.15, 0.2) is 11.5 Å². The SMILES string of the molecule is C=CCc1cc(/C=C(/C#N)C(=O)NC(C)C)cc(OC)c1OCc1cccc([N+](=O)[O-])c1. The van der Waals surface area contributed by atoms with Crippen molar-refractivity contribution in [1.29, 1.82) is 5.26 Å². The molecule has 0 heterocycles. The summed E-state index contributed by atoms with van der Waals surface area (Å²) in [6.07, 6.45) is 3.62. The van der Waals surface area contributed by atoms with E-state index in [1.807, 2.05) is 19.9 Å². The van der Waals surface area contributed by atoms with Crippen molar-refractivity contribution in [2.75, 3.05) is 7.11 Å². The minimum atomic E-state index is -0.462.